The Labute approximate surface area is 130 Å². The van der Waals surface area contributed by atoms with E-state index in [-0.39, 0.29) is 12.2 Å². The number of benzene rings is 1. The molecule has 1 heterocycles. The molecule has 7 heteroatoms. The highest BCUT2D eigenvalue weighted by molar-refractivity contribution is 7.98. The lowest BCUT2D eigenvalue weighted by atomic mass is 10.3. The molecule has 2 aromatic rings. The average molecular weight is 325 g/mol. The maximum atomic E-state index is 11.8. The van der Waals surface area contributed by atoms with Gasteiger partial charge in [-0.15, -0.1) is 11.8 Å². The van der Waals surface area contributed by atoms with E-state index in [1.165, 1.54) is 18.0 Å². The van der Waals surface area contributed by atoms with Crippen LogP contribution >= 0.6 is 23.4 Å². The van der Waals surface area contributed by atoms with Crippen molar-refractivity contribution >= 4 is 29.3 Å². The number of hydrogen-bond donors (Lipinski definition) is 1. The van der Waals surface area contributed by atoms with Crippen LogP contribution in [0.5, 0.6) is 0 Å². The van der Waals surface area contributed by atoms with Gasteiger partial charge in [-0.2, -0.15) is 0 Å². The molecule has 0 fully saturated rings. The van der Waals surface area contributed by atoms with Gasteiger partial charge in [0.15, 0.2) is 0 Å². The zero-order chi connectivity index (χ0) is 15.2. The topological polar surface area (TPSA) is 72.0 Å². The van der Waals surface area contributed by atoms with Gasteiger partial charge in [-0.05, 0) is 25.1 Å². The summed E-state index contributed by atoms with van der Waals surface area (Å²) in [5.74, 6) is 0.289. The van der Waals surface area contributed by atoms with Gasteiger partial charge in [0.05, 0.1) is 12.4 Å². The Bertz CT molecular complexity index is 703. The summed E-state index contributed by atoms with van der Waals surface area (Å²) in [6, 6.07) is 7.39. The summed E-state index contributed by atoms with van der Waals surface area (Å²) >= 11 is 7.39. The number of esters is 1. The van der Waals surface area contributed by atoms with Crippen LogP contribution < -0.4 is 5.56 Å². The third kappa shape index (κ3) is 4.34. The third-order valence-corrected chi connectivity index (χ3v) is 3.76. The summed E-state index contributed by atoms with van der Waals surface area (Å²) in [4.78, 5) is 30.9. The van der Waals surface area contributed by atoms with Crippen molar-refractivity contribution < 1.29 is 9.53 Å². The van der Waals surface area contributed by atoms with Crippen molar-refractivity contribution in [3.05, 3.63) is 57.2 Å². The molecule has 0 unspecified atom stereocenters. The minimum Gasteiger partial charge on any atom is -0.462 e. The maximum Gasteiger partial charge on any atom is 0.345 e. The van der Waals surface area contributed by atoms with Crippen LogP contribution in [0.1, 0.15) is 23.1 Å². The van der Waals surface area contributed by atoms with Crippen molar-refractivity contribution in [2.45, 2.75) is 17.6 Å². The van der Waals surface area contributed by atoms with E-state index in [1.807, 2.05) is 18.2 Å². The number of hydrogen-bond acceptors (Lipinski definition) is 5. The van der Waals surface area contributed by atoms with E-state index in [9.17, 15) is 9.59 Å². The summed E-state index contributed by atoms with van der Waals surface area (Å²) in [6.07, 6.45) is 1.24. The van der Waals surface area contributed by atoms with Crippen LogP contribution in [0.15, 0.2) is 40.2 Å². The predicted molar refractivity (Wildman–Crippen MR) is 81.8 cm³/mol. The first kappa shape index (κ1) is 15.6. The molecule has 1 aromatic heterocycles. The monoisotopic (exact) mass is 324 g/mol. The zero-order valence-corrected chi connectivity index (χ0v) is 12.8. The minimum absolute atomic E-state index is 0.0895. The van der Waals surface area contributed by atoms with E-state index < -0.39 is 11.5 Å². The van der Waals surface area contributed by atoms with Crippen molar-refractivity contribution in [1.82, 2.24) is 9.97 Å². The number of thioether (sulfide) groups is 1. The first-order valence-corrected chi connectivity index (χ1v) is 7.60. The fourth-order valence-corrected chi connectivity index (χ4v) is 2.66. The molecule has 0 saturated heterocycles. The second-order valence-corrected chi connectivity index (χ2v) is 5.52. The number of aromatic amines is 1. The molecule has 1 aromatic carbocycles. The summed E-state index contributed by atoms with van der Waals surface area (Å²) in [5.41, 5.74) is -0.585. The molecule has 0 atom stereocenters. The normalized spacial score (nSPS) is 10.4. The van der Waals surface area contributed by atoms with Crippen molar-refractivity contribution in [2.75, 3.05) is 6.61 Å². The van der Waals surface area contributed by atoms with E-state index in [0.717, 1.165) is 4.90 Å². The van der Waals surface area contributed by atoms with Crippen LogP contribution in [0.2, 0.25) is 5.02 Å². The van der Waals surface area contributed by atoms with E-state index in [0.29, 0.717) is 16.6 Å². The fraction of sp³-hybridized carbons (Fsp3) is 0.214. The Morgan fingerprint density at radius 3 is 2.95 bits per heavy atom. The molecule has 1 N–H and O–H groups in total. The van der Waals surface area contributed by atoms with Gasteiger partial charge in [-0.25, -0.2) is 9.78 Å². The second-order valence-electron chi connectivity index (χ2n) is 4.04. The van der Waals surface area contributed by atoms with E-state index in [2.05, 4.69) is 9.97 Å². The van der Waals surface area contributed by atoms with Crippen LogP contribution in [0.4, 0.5) is 0 Å². The fourth-order valence-electron chi connectivity index (χ4n) is 1.57. The number of aromatic nitrogens is 2. The number of carbonyl (C=O) groups is 1. The molecule has 0 aliphatic rings. The molecule has 0 bridgehead atoms. The van der Waals surface area contributed by atoms with Crippen LogP contribution in [0, 0.1) is 0 Å². The van der Waals surface area contributed by atoms with Gasteiger partial charge >= 0.3 is 5.97 Å². The predicted octanol–water partition coefficient (Wildman–Crippen LogP) is 2.89. The summed E-state index contributed by atoms with van der Waals surface area (Å²) < 4.78 is 4.77. The molecule has 0 saturated carbocycles. The maximum absolute atomic E-state index is 11.8. The highest BCUT2D eigenvalue weighted by Gasteiger charge is 2.12. The lowest BCUT2D eigenvalue weighted by Crippen LogP contribution is -2.21. The molecule has 0 aliphatic carbocycles. The average Bonchev–Trinajstić information content (AvgIpc) is 2.45. The van der Waals surface area contributed by atoms with E-state index >= 15 is 0 Å². The van der Waals surface area contributed by atoms with Gasteiger partial charge in [0.1, 0.15) is 11.4 Å². The number of rotatable bonds is 5. The number of ether oxygens (including phenoxy) is 1. The van der Waals surface area contributed by atoms with Crippen molar-refractivity contribution in [3.63, 3.8) is 0 Å². The first-order chi connectivity index (χ1) is 10.1. The van der Waals surface area contributed by atoms with E-state index in [4.69, 9.17) is 16.3 Å². The van der Waals surface area contributed by atoms with Crippen LogP contribution in [0.3, 0.4) is 0 Å². The SMILES string of the molecule is CCOC(=O)c1cnc(CSc2cccc(Cl)c2)[nH]c1=O. The molecule has 2 rings (SSSR count). The number of nitrogens with one attached hydrogen (secondary N) is 1. The summed E-state index contributed by atoms with van der Waals surface area (Å²) in [7, 11) is 0. The second kappa shape index (κ2) is 7.28. The van der Waals surface area contributed by atoms with E-state index in [1.54, 1.807) is 13.0 Å². The smallest absolute Gasteiger partial charge is 0.345 e. The summed E-state index contributed by atoms with van der Waals surface area (Å²) in [5, 5.41) is 0.652. The van der Waals surface area contributed by atoms with Gasteiger partial charge in [-0.3, -0.25) is 4.79 Å². The minimum atomic E-state index is -0.666. The van der Waals surface area contributed by atoms with Crippen LogP contribution in [-0.2, 0) is 10.5 Å². The van der Waals surface area contributed by atoms with Crippen LogP contribution in [0.25, 0.3) is 0 Å². The molecule has 0 aliphatic heterocycles. The Hall–Kier alpha value is -1.79. The van der Waals surface area contributed by atoms with Crippen molar-refractivity contribution in [2.24, 2.45) is 0 Å². The quantitative estimate of drug-likeness (QED) is 0.676. The number of halogens is 1. The lowest BCUT2D eigenvalue weighted by molar-refractivity contribution is 0.0523. The Morgan fingerprint density at radius 2 is 2.29 bits per heavy atom. The van der Waals surface area contributed by atoms with Gasteiger partial charge in [0.2, 0.25) is 0 Å². The van der Waals surface area contributed by atoms with Crippen LogP contribution in [-0.4, -0.2) is 22.5 Å². The first-order valence-electron chi connectivity index (χ1n) is 6.24. The van der Waals surface area contributed by atoms with Gasteiger partial charge in [0, 0.05) is 16.1 Å². The molecule has 110 valence electrons. The molecule has 5 nitrogen and oxygen atoms in total. The molecule has 0 radical (unpaired) electrons. The molecular formula is C14H13ClN2O3S. The highest BCUT2D eigenvalue weighted by atomic mass is 35.5. The Kier molecular flexibility index (Phi) is 5.41. The molecule has 21 heavy (non-hydrogen) atoms. The number of carbonyl (C=O) groups excluding carboxylic acids is 1. The Balaban J connectivity index is 2.07. The van der Waals surface area contributed by atoms with Crippen molar-refractivity contribution in [1.29, 1.82) is 0 Å². The van der Waals surface area contributed by atoms with Gasteiger partial charge in [-0.1, -0.05) is 17.7 Å². The largest absolute Gasteiger partial charge is 0.462 e. The third-order valence-electron chi connectivity index (χ3n) is 2.52. The molecule has 0 amide bonds. The summed E-state index contributed by atoms with van der Waals surface area (Å²) in [6.45, 7) is 1.89. The highest BCUT2D eigenvalue weighted by Crippen LogP contribution is 2.23. The number of H-pyrrole nitrogens is 1. The lowest BCUT2D eigenvalue weighted by Gasteiger charge is -2.04. The molecule has 0 spiro atoms. The standard InChI is InChI=1S/C14H13ClN2O3S/c1-2-20-14(19)11-7-16-12(17-13(11)18)8-21-10-5-3-4-9(15)6-10/h3-7H,2,8H2,1H3,(H,16,17,18). The Morgan fingerprint density at radius 1 is 1.48 bits per heavy atom. The zero-order valence-electron chi connectivity index (χ0n) is 11.3. The number of nitrogens with zero attached hydrogens (tertiary/aromatic N) is 1. The van der Waals surface area contributed by atoms with Crippen molar-refractivity contribution in [3.8, 4) is 0 Å². The van der Waals surface area contributed by atoms with Gasteiger partial charge < -0.3 is 9.72 Å². The molecular weight excluding hydrogens is 312 g/mol. The van der Waals surface area contributed by atoms with Gasteiger partial charge in [0.25, 0.3) is 5.56 Å².